The summed E-state index contributed by atoms with van der Waals surface area (Å²) in [6, 6.07) is 6.35. The Balaban J connectivity index is 1.90. The van der Waals surface area contributed by atoms with Crippen molar-refractivity contribution in [3.05, 3.63) is 47.5 Å². The van der Waals surface area contributed by atoms with Crippen LogP contribution in [0.5, 0.6) is 0 Å². The lowest BCUT2D eigenvalue weighted by atomic mass is 9.80. The number of rotatable bonds is 7. The van der Waals surface area contributed by atoms with Gasteiger partial charge in [-0.3, -0.25) is 4.79 Å². The number of piperazine rings is 1. The van der Waals surface area contributed by atoms with E-state index < -0.39 is 6.29 Å². The number of hydrogen-bond donors (Lipinski definition) is 1. The molecule has 160 valence electrons. The van der Waals surface area contributed by atoms with Gasteiger partial charge in [-0.1, -0.05) is 12.1 Å². The van der Waals surface area contributed by atoms with Crippen LogP contribution in [0, 0.1) is 11.7 Å². The highest BCUT2D eigenvalue weighted by Crippen LogP contribution is 2.39. The van der Waals surface area contributed by atoms with Crippen molar-refractivity contribution in [3.63, 3.8) is 0 Å². The van der Waals surface area contributed by atoms with Gasteiger partial charge in [0.2, 0.25) is 6.29 Å². The fraction of sp³-hybridized carbons (Fsp3) is 0.591. The molecule has 7 heteroatoms. The molecule has 0 spiro atoms. The van der Waals surface area contributed by atoms with Crippen LogP contribution in [-0.4, -0.2) is 73.5 Å². The number of allylic oxidation sites excluding steroid dienone is 1. The topological polar surface area (TPSA) is 62.2 Å². The maximum Gasteiger partial charge on any atom is 0.288 e. The second-order valence-electron chi connectivity index (χ2n) is 7.68. The van der Waals surface area contributed by atoms with E-state index in [0.29, 0.717) is 38.3 Å². The Labute approximate surface area is 171 Å². The summed E-state index contributed by atoms with van der Waals surface area (Å²) in [6.45, 7) is 5.38. The molecular weight excluding hydrogens is 375 g/mol. The predicted molar refractivity (Wildman–Crippen MR) is 108 cm³/mol. The van der Waals surface area contributed by atoms with E-state index in [2.05, 4.69) is 4.90 Å². The molecule has 0 aliphatic carbocycles. The fourth-order valence-corrected chi connectivity index (χ4v) is 3.99. The highest BCUT2D eigenvalue weighted by Gasteiger charge is 2.39. The minimum absolute atomic E-state index is 0.0717. The minimum Gasteiger partial charge on any atom is -0.459 e. The van der Waals surface area contributed by atoms with Crippen molar-refractivity contribution in [2.24, 2.45) is 5.92 Å². The van der Waals surface area contributed by atoms with Crippen molar-refractivity contribution >= 4 is 5.91 Å². The van der Waals surface area contributed by atoms with Gasteiger partial charge in [0, 0.05) is 51.2 Å². The van der Waals surface area contributed by atoms with E-state index in [1.807, 2.05) is 24.9 Å². The van der Waals surface area contributed by atoms with E-state index in [-0.39, 0.29) is 30.2 Å². The minimum atomic E-state index is -0.585. The summed E-state index contributed by atoms with van der Waals surface area (Å²) < 4.78 is 25.4. The van der Waals surface area contributed by atoms with Crippen LogP contribution >= 0.6 is 0 Å². The summed E-state index contributed by atoms with van der Waals surface area (Å²) in [4.78, 5) is 17.1. The van der Waals surface area contributed by atoms with Gasteiger partial charge in [-0.05, 0) is 50.6 Å². The van der Waals surface area contributed by atoms with Crippen LogP contribution in [0.15, 0.2) is 36.1 Å². The van der Waals surface area contributed by atoms with Crippen molar-refractivity contribution in [1.29, 1.82) is 0 Å². The second-order valence-corrected chi connectivity index (χ2v) is 7.68. The standard InChI is InChI=1S/C22H31FN2O4/c1-3-28-22-18(5-4-14-26)19(16-6-8-17(23)9-7-16)15-20(29-22)21(27)25-12-10-24(2)11-13-25/h6-9,15,18-19,22,26H,3-5,10-14H2,1-2H3/t18-,19+,22+/m0/s1. The quantitative estimate of drug-likeness (QED) is 0.753. The molecule has 6 nitrogen and oxygen atoms in total. The van der Waals surface area contributed by atoms with Gasteiger partial charge in [-0.2, -0.15) is 0 Å². The van der Waals surface area contributed by atoms with Crippen molar-refractivity contribution in [2.45, 2.75) is 32.0 Å². The Morgan fingerprint density at radius 3 is 2.55 bits per heavy atom. The van der Waals surface area contributed by atoms with Crippen molar-refractivity contribution in [3.8, 4) is 0 Å². The molecule has 3 rings (SSSR count). The number of hydrogen-bond acceptors (Lipinski definition) is 5. The first kappa shape index (κ1) is 21.7. The van der Waals surface area contributed by atoms with Crippen LogP contribution in [0.3, 0.4) is 0 Å². The number of ether oxygens (including phenoxy) is 2. The number of aliphatic hydroxyl groups is 1. The third-order valence-electron chi connectivity index (χ3n) is 5.67. The molecule has 2 aliphatic heterocycles. The first-order chi connectivity index (χ1) is 14.0. The van der Waals surface area contributed by atoms with Gasteiger partial charge in [-0.25, -0.2) is 4.39 Å². The Morgan fingerprint density at radius 1 is 1.24 bits per heavy atom. The maximum absolute atomic E-state index is 13.5. The first-order valence-electron chi connectivity index (χ1n) is 10.4. The molecule has 2 heterocycles. The molecule has 1 fully saturated rings. The lowest BCUT2D eigenvalue weighted by Crippen LogP contribution is -2.49. The first-order valence-corrected chi connectivity index (χ1v) is 10.4. The lowest BCUT2D eigenvalue weighted by molar-refractivity contribution is -0.170. The molecular formula is C22H31FN2O4. The molecule has 0 bridgehead atoms. The number of carbonyl (C=O) groups is 1. The number of nitrogens with zero attached hydrogens (tertiary/aromatic N) is 2. The largest absolute Gasteiger partial charge is 0.459 e. The van der Waals surface area contributed by atoms with Gasteiger partial charge >= 0.3 is 0 Å². The third-order valence-corrected chi connectivity index (χ3v) is 5.67. The Morgan fingerprint density at radius 2 is 1.93 bits per heavy atom. The van der Waals surface area contributed by atoms with Crippen LogP contribution in [0.4, 0.5) is 4.39 Å². The molecule has 0 saturated carbocycles. The Bertz CT molecular complexity index is 701. The summed E-state index contributed by atoms with van der Waals surface area (Å²) in [6.07, 6.45) is 2.55. The van der Waals surface area contributed by atoms with E-state index >= 15 is 0 Å². The van der Waals surface area contributed by atoms with Crippen LogP contribution in [0.25, 0.3) is 0 Å². The smallest absolute Gasteiger partial charge is 0.288 e. The summed E-state index contributed by atoms with van der Waals surface area (Å²) >= 11 is 0. The molecule has 1 amide bonds. The third kappa shape index (κ3) is 5.35. The molecule has 1 saturated heterocycles. The molecule has 0 unspecified atom stereocenters. The SMILES string of the molecule is CCO[C@@H]1OC(C(=O)N2CCN(C)CC2)=C[C@H](c2ccc(F)cc2)[C@@H]1CCCO. The van der Waals surface area contributed by atoms with E-state index in [9.17, 15) is 14.3 Å². The van der Waals surface area contributed by atoms with Gasteiger partial charge in [-0.15, -0.1) is 0 Å². The number of benzene rings is 1. The normalized spacial score (nSPS) is 25.4. The Kier molecular flexibility index (Phi) is 7.64. The molecule has 0 radical (unpaired) electrons. The van der Waals surface area contributed by atoms with Gasteiger partial charge in [0.05, 0.1) is 0 Å². The maximum atomic E-state index is 13.5. The Hall–Kier alpha value is -1.96. The second kappa shape index (κ2) is 10.2. The van der Waals surface area contributed by atoms with E-state index in [1.165, 1.54) is 12.1 Å². The van der Waals surface area contributed by atoms with Crippen LogP contribution < -0.4 is 0 Å². The highest BCUT2D eigenvalue weighted by molar-refractivity contribution is 5.92. The van der Waals surface area contributed by atoms with Crippen LogP contribution in [0.1, 0.15) is 31.2 Å². The molecule has 3 atom stereocenters. The van der Waals surface area contributed by atoms with Gasteiger partial charge in [0.25, 0.3) is 5.91 Å². The van der Waals surface area contributed by atoms with Crippen molar-refractivity contribution in [1.82, 2.24) is 9.80 Å². The average molecular weight is 406 g/mol. The van der Waals surface area contributed by atoms with Gasteiger partial charge in [0.1, 0.15) is 5.82 Å². The van der Waals surface area contributed by atoms with Crippen LogP contribution in [0.2, 0.25) is 0 Å². The van der Waals surface area contributed by atoms with Crippen molar-refractivity contribution < 1.29 is 23.8 Å². The lowest BCUT2D eigenvalue weighted by Gasteiger charge is -2.39. The van der Waals surface area contributed by atoms with Gasteiger partial charge < -0.3 is 24.4 Å². The monoisotopic (exact) mass is 406 g/mol. The number of amides is 1. The molecule has 1 N–H and O–H groups in total. The fourth-order valence-electron chi connectivity index (χ4n) is 3.99. The summed E-state index contributed by atoms with van der Waals surface area (Å²) in [5.41, 5.74) is 0.908. The van der Waals surface area contributed by atoms with Crippen LogP contribution in [-0.2, 0) is 14.3 Å². The number of likely N-dealkylation sites (N-methyl/N-ethyl adjacent to an activating group) is 1. The summed E-state index contributed by atoms with van der Waals surface area (Å²) in [7, 11) is 2.04. The molecule has 2 aliphatic rings. The zero-order valence-electron chi connectivity index (χ0n) is 17.2. The molecule has 1 aromatic carbocycles. The summed E-state index contributed by atoms with van der Waals surface area (Å²) in [5.74, 6) is -0.361. The molecule has 0 aromatic heterocycles. The number of aliphatic hydroxyl groups excluding tert-OH is 1. The van der Waals surface area contributed by atoms with Crippen molar-refractivity contribution in [2.75, 3.05) is 46.4 Å². The van der Waals surface area contributed by atoms with Gasteiger partial charge in [0.15, 0.2) is 5.76 Å². The molecule has 29 heavy (non-hydrogen) atoms. The van der Waals surface area contributed by atoms with E-state index in [1.54, 1.807) is 12.1 Å². The zero-order chi connectivity index (χ0) is 20.8. The van der Waals surface area contributed by atoms with E-state index in [4.69, 9.17) is 9.47 Å². The van der Waals surface area contributed by atoms with E-state index in [0.717, 1.165) is 18.7 Å². The number of halogens is 1. The summed E-state index contributed by atoms with van der Waals surface area (Å²) in [5, 5.41) is 9.33. The number of carbonyl (C=O) groups excluding carboxylic acids is 1. The predicted octanol–water partition coefficient (Wildman–Crippen LogP) is 2.35. The average Bonchev–Trinajstić information content (AvgIpc) is 2.73. The zero-order valence-corrected chi connectivity index (χ0v) is 17.2. The highest BCUT2D eigenvalue weighted by atomic mass is 19.1. The molecule has 1 aromatic rings.